The molecule has 0 aliphatic heterocycles. The minimum absolute atomic E-state index is 0.0741. The van der Waals surface area contributed by atoms with Crippen LogP contribution in [-0.4, -0.2) is 24.8 Å². The third-order valence-corrected chi connectivity index (χ3v) is 3.09. The van der Waals surface area contributed by atoms with Gasteiger partial charge in [0.25, 0.3) is 0 Å². The van der Waals surface area contributed by atoms with E-state index in [4.69, 9.17) is 0 Å². The van der Waals surface area contributed by atoms with Crippen molar-refractivity contribution < 1.29 is 4.79 Å². The lowest BCUT2D eigenvalue weighted by atomic mass is 10.00. The van der Waals surface area contributed by atoms with Gasteiger partial charge in [-0.2, -0.15) is 0 Å². The zero-order chi connectivity index (χ0) is 10.7. The molecule has 78 valence electrons. The number of hydrogen-bond donors (Lipinski definition) is 0. The van der Waals surface area contributed by atoms with Gasteiger partial charge in [0.15, 0.2) is 5.78 Å². The highest BCUT2D eigenvalue weighted by atomic mass is 32.1. The highest BCUT2D eigenvalue weighted by Crippen LogP contribution is 2.26. The minimum Gasteiger partial charge on any atom is -0.297 e. The standard InChI is InChI=1S/C11H17NOS/c1-8(2)11(13)10(12(3)4)9-6-5-7-14-9/h5-8,10H,1-4H3. The average molecular weight is 211 g/mol. The number of Topliss-reactive ketones (excluding diaryl/α,β-unsaturated/α-hetero) is 1. The molecule has 0 radical (unpaired) electrons. The molecule has 0 N–H and O–H groups in total. The molecule has 0 saturated carbocycles. The molecule has 0 spiro atoms. The molecule has 0 saturated heterocycles. The van der Waals surface area contributed by atoms with Gasteiger partial charge in [-0.15, -0.1) is 11.3 Å². The van der Waals surface area contributed by atoms with Crippen molar-refractivity contribution in [2.45, 2.75) is 19.9 Å². The van der Waals surface area contributed by atoms with E-state index in [0.29, 0.717) is 0 Å². The molecule has 1 aromatic heterocycles. The summed E-state index contributed by atoms with van der Waals surface area (Å²) in [6, 6.07) is 3.94. The first-order chi connectivity index (χ1) is 6.54. The van der Waals surface area contributed by atoms with Crippen LogP contribution in [-0.2, 0) is 4.79 Å². The van der Waals surface area contributed by atoms with Crippen LogP contribution in [0.2, 0.25) is 0 Å². The quantitative estimate of drug-likeness (QED) is 0.763. The van der Waals surface area contributed by atoms with Crippen LogP contribution in [0.4, 0.5) is 0 Å². The number of thiophene rings is 1. The average Bonchev–Trinajstić information content (AvgIpc) is 2.56. The van der Waals surface area contributed by atoms with E-state index in [0.717, 1.165) is 4.88 Å². The Morgan fingerprint density at radius 1 is 1.43 bits per heavy atom. The molecule has 1 atom stereocenters. The van der Waals surface area contributed by atoms with Gasteiger partial charge in [-0.1, -0.05) is 19.9 Å². The summed E-state index contributed by atoms with van der Waals surface area (Å²) in [7, 11) is 3.90. The summed E-state index contributed by atoms with van der Waals surface area (Å²) in [6.45, 7) is 3.90. The van der Waals surface area contributed by atoms with Gasteiger partial charge in [0, 0.05) is 10.8 Å². The second-order valence-corrected chi connectivity index (χ2v) is 4.92. The van der Waals surface area contributed by atoms with Gasteiger partial charge in [-0.3, -0.25) is 9.69 Å². The van der Waals surface area contributed by atoms with E-state index in [1.807, 2.05) is 50.4 Å². The van der Waals surface area contributed by atoms with Gasteiger partial charge in [0.1, 0.15) is 6.04 Å². The molecular weight excluding hydrogens is 194 g/mol. The number of carbonyl (C=O) groups excluding carboxylic acids is 1. The van der Waals surface area contributed by atoms with E-state index in [1.54, 1.807) is 11.3 Å². The third-order valence-electron chi connectivity index (χ3n) is 2.17. The van der Waals surface area contributed by atoms with Crippen LogP contribution in [0.1, 0.15) is 24.8 Å². The fourth-order valence-corrected chi connectivity index (χ4v) is 2.34. The Morgan fingerprint density at radius 3 is 2.43 bits per heavy atom. The summed E-state index contributed by atoms with van der Waals surface area (Å²) >= 11 is 1.64. The third kappa shape index (κ3) is 2.42. The second-order valence-electron chi connectivity index (χ2n) is 3.94. The molecule has 0 fully saturated rings. The molecule has 0 aliphatic rings. The molecule has 14 heavy (non-hydrogen) atoms. The van der Waals surface area contributed by atoms with Crippen molar-refractivity contribution in [3.8, 4) is 0 Å². The molecule has 0 bridgehead atoms. The molecular formula is C11H17NOS. The highest BCUT2D eigenvalue weighted by molar-refractivity contribution is 7.10. The normalized spacial score (nSPS) is 13.6. The lowest BCUT2D eigenvalue weighted by Gasteiger charge is -2.23. The van der Waals surface area contributed by atoms with E-state index in [9.17, 15) is 4.79 Å². The van der Waals surface area contributed by atoms with Crippen LogP contribution in [0.3, 0.4) is 0 Å². The zero-order valence-corrected chi connectivity index (χ0v) is 9.97. The molecule has 3 heteroatoms. The first kappa shape index (κ1) is 11.4. The Morgan fingerprint density at radius 2 is 2.07 bits per heavy atom. The Hall–Kier alpha value is -0.670. The lowest BCUT2D eigenvalue weighted by Crippen LogP contribution is -2.29. The Bertz CT molecular complexity index is 290. The maximum Gasteiger partial charge on any atom is 0.157 e. The predicted molar refractivity (Wildman–Crippen MR) is 60.6 cm³/mol. The van der Waals surface area contributed by atoms with Crippen LogP contribution in [0.25, 0.3) is 0 Å². The molecule has 1 aromatic rings. The SMILES string of the molecule is CC(C)C(=O)C(c1cccs1)N(C)C. The van der Waals surface area contributed by atoms with Crippen LogP contribution in [0, 0.1) is 5.92 Å². The minimum atomic E-state index is -0.0741. The van der Waals surface area contributed by atoms with Gasteiger partial charge in [0.05, 0.1) is 0 Å². The van der Waals surface area contributed by atoms with Gasteiger partial charge in [-0.05, 0) is 25.5 Å². The molecule has 0 amide bonds. The Kier molecular flexibility index (Phi) is 3.84. The number of likely N-dealkylation sites (N-methyl/N-ethyl adjacent to an activating group) is 1. The number of rotatable bonds is 4. The second kappa shape index (κ2) is 4.71. The molecule has 2 nitrogen and oxygen atoms in total. The first-order valence-electron chi connectivity index (χ1n) is 4.77. The van der Waals surface area contributed by atoms with E-state index in [1.165, 1.54) is 0 Å². The largest absolute Gasteiger partial charge is 0.297 e. The molecule has 0 aromatic carbocycles. The van der Waals surface area contributed by atoms with Crippen molar-refractivity contribution in [2.24, 2.45) is 5.92 Å². The van der Waals surface area contributed by atoms with Gasteiger partial charge in [0.2, 0.25) is 0 Å². The molecule has 0 aliphatic carbocycles. The van der Waals surface area contributed by atoms with Crippen LogP contribution in [0.15, 0.2) is 17.5 Å². The summed E-state index contributed by atoms with van der Waals surface area (Å²) in [5, 5.41) is 2.01. The number of ketones is 1. The Balaban J connectivity index is 2.91. The van der Waals surface area contributed by atoms with E-state index in [2.05, 4.69) is 0 Å². The van der Waals surface area contributed by atoms with Crippen molar-refractivity contribution in [1.29, 1.82) is 0 Å². The van der Waals surface area contributed by atoms with Gasteiger partial charge in [-0.25, -0.2) is 0 Å². The number of hydrogen-bond acceptors (Lipinski definition) is 3. The van der Waals surface area contributed by atoms with Crippen LogP contribution >= 0.6 is 11.3 Å². The monoisotopic (exact) mass is 211 g/mol. The Labute approximate surface area is 89.5 Å². The highest BCUT2D eigenvalue weighted by Gasteiger charge is 2.25. The van der Waals surface area contributed by atoms with Crippen molar-refractivity contribution in [2.75, 3.05) is 14.1 Å². The first-order valence-corrected chi connectivity index (χ1v) is 5.65. The molecule has 1 unspecified atom stereocenters. The van der Waals surface area contributed by atoms with Crippen molar-refractivity contribution in [3.63, 3.8) is 0 Å². The van der Waals surface area contributed by atoms with Gasteiger partial charge < -0.3 is 0 Å². The fourth-order valence-electron chi connectivity index (χ4n) is 1.41. The molecule has 1 rings (SSSR count). The molecule has 1 heterocycles. The van der Waals surface area contributed by atoms with Crippen molar-refractivity contribution >= 4 is 17.1 Å². The smallest absolute Gasteiger partial charge is 0.157 e. The maximum atomic E-state index is 11.9. The summed E-state index contributed by atoms with van der Waals surface area (Å²) in [4.78, 5) is 15.1. The van der Waals surface area contributed by atoms with E-state index in [-0.39, 0.29) is 17.7 Å². The van der Waals surface area contributed by atoms with E-state index >= 15 is 0 Å². The van der Waals surface area contributed by atoms with Crippen LogP contribution in [0.5, 0.6) is 0 Å². The summed E-state index contributed by atoms with van der Waals surface area (Å²) < 4.78 is 0. The summed E-state index contributed by atoms with van der Waals surface area (Å²) in [6.07, 6.45) is 0. The fraction of sp³-hybridized carbons (Fsp3) is 0.545. The number of carbonyl (C=O) groups is 1. The van der Waals surface area contributed by atoms with Gasteiger partial charge >= 0.3 is 0 Å². The number of nitrogens with zero attached hydrogens (tertiary/aromatic N) is 1. The summed E-state index contributed by atoms with van der Waals surface area (Å²) in [5.74, 6) is 0.377. The topological polar surface area (TPSA) is 20.3 Å². The predicted octanol–water partition coefficient (Wildman–Crippen LogP) is 2.58. The van der Waals surface area contributed by atoms with E-state index < -0.39 is 0 Å². The lowest BCUT2D eigenvalue weighted by molar-refractivity contribution is -0.126. The summed E-state index contributed by atoms with van der Waals surface area (Å²) in [5.41, 5.74) is 0. The maximum absolute atomic E-state index is 11.9. The van der Waals surface area contributed by atoms with Crippen molar-refractivity contribution in [1.82, 2.24) is 4.90 Å². The zero-order valence-electron chi connectivity index (χ0n) is 9.15. The van der Waals surface area contributed by atoms with Crippen LogP contribution < -0.4 is 0 Å². The van der Waals surface area contributed by atoms with Crippen molar-refractivity contribution in [3.05, 3.63) is 22.4 Å².